The molecule has 5 atom stereocenters. The standard InChI is InChI=1S/C20H23NO12/c1-10(22)28-9-16-17(29-11(2)23)18(30-12(3)24)19(31-13(4)25)20(33-16)32-15-7-5-14(6-8-15)21(26)27/h5-8,16-20H,9H2,1-4H3/t16-,17-,18+,19-,20+/m1/s1. The Labute approximate surface area is 188 Å². The molecule has 0 bridgehead atoms. The average molecular weight is 469 g/mol. The first-order valence-electron chi connectivity index (χ1n) is 9.69. The minimum atomic E-state index is -1.42. The summed E-state index contributed by atoms with van der Waals surface area (Å²) in [6.07, 6.45) is -6.69. The van der Waals surface area contributed by atoms with Crippen molar-refractivity contribution in [3.63, 3.8) is 0 Å². The van der Waals surface area contributed by atoms with Gasteiger partial charge in [-0.15, -0.1) is 0 Å². The van der Waals surface area contributed by atoms with E-state index in [0.717, 1.165) is 27.7 Å². The van der Waals surface area contributed by atoms with Crippen LogP contribution in [0.3, 0.4) is 0 Å². The summed E-state index contributed by atoms with van der Waals surface area (Å²) in [4.78, 5) is 56.8. The van der Waals surface area contributed by atoms with Gasteiger partial charge in [-0.05, 0) is 12.1 Å². The lowest BCUT2D eigenvalue weighted by atomic mass is 9.98. The highest BCUT2D eigenvalue weighted by atomic mass is 16.7. The van der Waals surface area contributed by atoms with E-state index in [0.29, 0.717) is 0 Å². The lowest BCUT2D eigenvalue weighted by molar-refractivity contribution is -0.384. The van der Waals surface area contributed by atoms with Crippen molar-refractivity contribution in [2.75, 3.05) is 6.61 Å². The summed E-state index contributed by atoms with van der Waals surface area (Å²) in [6.45, 7) is 4.05. The van der Waals surface area contributed by atoms with Crippen LogP contribution in [0.1, 0.15) is 27.7 Å². The van der Waals surface area contributed by atoms with Gasteiger partial charge in [0.15, 0.2) is 12.2 Å². The van der Waals surface area contributed by atoms with E-state index < -0.39 is 66.1 Å². The van der Waals surface area contributed by atoms with E-state index in [1.54, 1.807) is 0 Å². The Hall–Kier alpha value is -3.74. The molecule has 0 saturated carbocycles. The van der Waals surface area contributed by atoms with Gasteiger partial charge in [-0.3, -0.25) is 29.3 Å². The first kappa shape index (κ1) is 25.5. The summed E-state index contributed by atoms with van der Waals surface area (Å²) in [5, 5.41) is 10.9. The molecule has 1 heterocycles. The zero-order valence-corrected chi connectivity index (χ0v) is 18.2. The number of nitro benzene ring substituents is 1. The van der Waals surface area contributed by atoms with Gasteiger partial charge in [0.2, 0.25) is 12.4 Å². The third-order valence-electron chi connectivity index (χ3n) is 4.25. The second-order valence-electron chi connectivity index (χ2n) is 6.94. The molecule has 0 unspecified atom stereocenters. The lowest BCUT2D eigenvalue weighted by Crippen LogP contribution is -2.63. The molecular weight excluding hydrogens is 446 g/mol. The molecule has 1 aromatic rings. The molecule has 13 heteroatoms. The van der Waals surface area contributed by atoms with Crippen molar-refractivity contribution in [3.05, 3.63) is 34.4 Å². The minimum absolute atomic E-state index is 0.0986. The third-order valence-corrected chi connectivity index (χ3v) is 4.25. The molecule has 1 aromatic carbocycles. The molecule has 1 aliphatic rings. The number of benzene rings is 1. The number of hydrogen-bond acceptors (Lipinski definition) is 12. The normalized spacial score (nSPS) is 24.2. The Morgan fingerprint density at radius 3 is 1.85 bits per heavy atom. The Morgan fingerprint density at radius 2 is 1.36 bits per heavy atom. The van der Waals surface area contributed by atoms with Crippen molar-refractivity contribution in [3.8, 4) is 5.75 Å². The first-order chi connectivity index (χ1) is 15.5. The van der Waals surface area contributed by atoms with Crippen LogP contribution >= 0.6 is 0 Å². The number of nitrogens with zero attached hydrogens (tertiary/aromatic N) is 1. The highest BCUT2D eigenvalue weighted by Gasteiger charge is 2.53. The summed E-state index contributed by atoms with van der Waals surface area (Å²) in [5.41, 5.74) is -0.191. The molecule has 1 aliphatic heterocycles. The van der Waals surface area contributed by atoms with Gasteiger partial charge in [-0.2, -0.15) is 0 Å². The maximum absolute atomic E-state index is 11.8. The van der Waals surface area contributed by atoms with E-state index in [2.05, 4.69) is 0 Å². The van der Waals surface area contributed by atoms with E-state index in [-0.39, 0.29) is 11.4 Å². The first-order valence-corrected chi connectivity index (χ1v) is 9.69. The molecule has 0 radical (unpaired) electrons. The van der Waals surface area contributed by atoms with Gasteiger partial charge >= 0.3 is 23.9 Å². The van der Waals surface area contributed by atoms with Gasteiger partial charge < -0.3 is 28.4 Å². The highest BCUT2D eigenvalue weighted by Crippen LogP contribution is 2.31. The zero-order valence-electron chi connectivity index (χ0n) is 18.2. The number of carbonyl (C=O) groups excluding carboxylic acids is 4. The van der Waals surface area contributed by atoms with Gasteiger partial charge in [0.05, 0.1) is 4.92 Å². The lowest BCUT2D eigenvalue weighted by Gasteiger charge is -2.43. The molecular formula is C20H23NO12. The summed E-state index contributed by atoms with van der Waals surface area (Å²) < 4.78 is 32.3. The second-order valence-corrected chi connectivity index (χ2v) is 6.94. The minimum Gasteiger partial charge on any atom is -0.463 e. The van der Waals surface area contributed by atoms with Crippen molar-refractivity contribution in [2.24, 2.45) is 0 Å². The van der Waals surface area contributed by atoms with E-state index in [1.807, 2.05) is 0 Å². The maximum Gasteiger partial charge on any atom is 0.303 e. The average Bonchev–Trinajstić information content (AvgIpc) is 2.70. The number of ether oxygens (including phenoxy) is 6. The Balaban J connectivity index is 2.43. The quantitative estimate of drug-likeness (QED) is 0.230. The van der Waals surface area contributed by atoms with Crippen LogP contribution in [0.25, 0.3) is 0 Å². The van der Waals surface area contributed by atoms with Crippen LogP contribution in [0.15, 0.2) is 24.3 Å². The van der Waals surface area contributed by atoms with Crippen LogP contribution in [0.5, 0.6) is 5.75 Å². The number of esters is 4. The number of hydrogen-bond donors (Lipinski definition) is 0. The van der Waals surface area contributed by atoms with Crippen molar-refractivity contribution in [1.29, 1.82) is 0 Å². The van der Waals surface area contributed by atoms with Crippen LogP contribution in [0.4, 0.5) is 5.69 Å². The van der Waals surface area contributed by atoms with E-state index in [9.17, 15) is 29.3 Å². The summed E-state index contributed by atoms with van der Waals surface area (Å²) in [6, 6.07) is 4.93. The molecule has 0 aliphatic carbocycles. The number of non-ortho nitro benzene ring substituents is 1. The van der Waals surface area contributed by atoms with Gasteiger partial charge in [0, 0.05) is 39.8 Å². The molecule has 13 nitrogen and oxygen atoms in total. The van der Waals surface area contributed by atoms with Crippen molar-refractivity contribution in [1.82, 2.24) is 0 Å². The largest absolute Gasteiger partial charge is 0.463 e. The van der Waals surface area contributed by atoms with Gasteiger partial charge in [0.1, 0.15) is 18.5 Å². The van der Waals surface area contributed by atoms with E-state index in [1.165, 1.54) is 24.3 Å². The van der Waals surface area contributed by atoms with Crippen molar-refractivity contribution >= 4 is 29.6 Å². The molecule has 0 aromatic heterocycles. The van der Waals surface area contributed by atoms with Gasteiger partial charge in [-0.25, -0.2) is 0 Å². The summed E-state index contributed by atoms with van der Waals surface area (Å²) in [5.74, 6) is -2.87. The number of nitro groups is 1. The van der Waals surface area contributed by atoms with Crippen LogP contribution in [-0.4, -0.2) is 66.1 Å². The Kier molecular flexibility index (Phi) is 8.68. The van der Waals surface area contributed by atoms with Gasteiger partial charge in [-0.1, -0.05) is 0 Å². The molecule has 0 amide bonds. The summed E-state index contributed by atoms with van der Waals surface area (Å²) in [7, 11) is 0. The SMILES string of the molecule is CC(=O)OC[C@H]1O[C@H](Oc2ccc([N+](=O)[O-])cc2)[C@H](OC(C)=O)[C@@H](OC(C)=O)[C@@H]1OC(C)=O. The van der Waals surface area contributed by atoms with Gasteiger partial charge in [0.25, 0.3) is 5.69 Å². The predicted octanol–water partition coefficient (Wildman–Crippen LogP) is 1.06. The molecule has 1 fully saturated rings. The van der Waals surface area contributed by atoms with Crippen molar-refractivity contribution < 1.29 is 52.5 Å². The molecule has 1 saturated heterocycles. The van der Waals surface area contributed by atoms with Crippen LogP contribution in [0.2, 0.25) is 0 Å². The fraction of sp³-hybridized carbons (Fsp3) is 0.500. The molecule has 0 N–H and O–H groups in total. The Bertz CT molecular complexity index is 899. The smallest absolute Gasteiger partial charge is 0.303 e. The monoisotopic (exact) mass is 469 g/mol. The van der Waals surface area contributed by atoms with E-state index >= 15 is 0 Å². The number of rotatable bonds is 8. The highest BCUT2D eigenvalue weighted by molar-refractivity contribution is 5.68. The summed E-state index contributed by atoms with van der Waals surface area (Å²) >= 11 is 0. The predicted molar refractivity (Wildman–Crippen MR) is 106 cm³/mol. The van der Waals surface area contributed by atoms with E-state index in [4.69, 9.17) is 28.4 Å². The second kappa shape index (κ2) is 11.2. The van der Waals surface area contributed by atoms with Crippen LogP contribution in [0, 0.1) is 10.1 Å². The van der Waals surface area contributed by atoms with Crippen molar-refractivity contribution in [2.45, 2.75) is 58.4 Å². The topological polar surface area (TPSA) is 167 Å². The molecule has 33 heavy (non-hydrogen) atoms. The maximum atomic E-state index is 11.8. The molecule has 0 spiro atoms. The molecule has 2 rings (SSSR count). The molecule has 180 valence electrons. The fourth-order valence-electron chi connectivity index (χ4n) is 3.06. The van der Waals surface area contributed by atoms with Crippen LogP contribution in [-0.2, 0) is 42.9 Å². The Morgan fingerprint density at radius 1 is 0.848 bits per heavy atom. The zero-order chi connectivity index (χ0) is 24.7. The number of carbonyl (C=O) groups is 4. The third kappa shape index (κ3) is 7.42. The fourth-order valence-corrected chi connectivity index (χ4v) is 3.06. The van der Waals surface area contributed by atoms with Crippen LogP contribution < -0.4 is 4.74 Å².